The second kappa shape index (κ2) is 7.49. The Morgan fingerprint density at radius 2 is 2.12 bits per heavy atom. The van der Waals surface area contributed by atoms with E-state index in [2.05, 4.69) is 22.1 Å². The van der Waals surface area contributed by atoms with E-state index in [1.807, 2.05) is 29.6 Å². The second-order valence-corrected chi connectivity index (χ2v) is 6.70. The van der Waals surface area contributed by atoms with Crippen LogP contribution >= 0.6 is 11.3 Å². The Balaban J connectivity index is 1.66. The molecular weight excluding hydrogens is 322 g/mol. The molecular formula is C18H21N3O2S. The number of piperidine rings is 1. The molecule has 1 aromatic carbocycles. The highest BCUT2D eigenvalue weighted by Crippen LogP contribution is 2.25. The van der Waals surface area contributed by atoms with E-state index in [9.17, 15) is 9.59 Å². The van der Waals surface area contributed by atoms with Crippen molar-refractivity contribution >= 4 is 29.0 Å². The first-order valence-corrected chi connectivity index (χ1v) is 9.02. The average molecular weight is 343 g/mol. The fraction of sp³-hybridized carbons (Fsp3) is 0.333. The predicted molar refractivity (Wildman–Crippen MR) is 97.1 cm³/mol. The van der Waals surface area contributed by atoms with E-state index in [-0.39, 0.29) is 17.9 Å². The number of rotatable bonds is 3. The van der Waals surface area contributed by atoms with Crippen LogP contribution in [0, 0.1) is 5.92 Å². The van der Waals surface area contributed by atoms with Crippen LogP contribution in [-0.4, -0.2) is 37.0 Å². The quantitative estimate of drug-likeness (QED) is 0.897. The number of nitrogens with one attached hydrogen (secondary N) is 2. The largest absolute Gasteiger partial charge is 0.359 e. The van der Waals surface area contributed by atoms with E-state index in [0.717, 1.165) is 29.7 Å². The topological polar surface area (TPSA) is 61.4 Å². The lowest BCUT2D eigenvalue weighted by atomic mass is 9.97. The Labute approximate surface area is 145 Å². The lowest BCUT2D eigenvalue weighted by molar-refractivity contribution is -0.125. The van der Waals surface area contributed by atoms with E-state index in [0.29, 0.717) is 13.1 Å². The maximum Gasteiger partial charge on any atom is 0.321 e. The smallest absolute Gasteiger partial charge is 0.321 e. The fourth-order valence-corrected chi connectivity index (χ4v) is 3.65. The van der Waals surface area contributed by atoms with Gasteiger partial charge in [0.15, 0.2) is 0 Å². The van der Waals surface area contributed by atoms with Gasteiger partial charge in [0.2, 0.25) is 5.91 Å². The van der Waals surface area contributed by atoms with Crippen LogP contribution in [-0.2, 0) is 4.79 Å². The van der Waals surface area contributed by atoms with Crippen LogP contribution in [0.25, 0.3) is 11.1 Å². The normalized spacial score (nSPS) is 17.4. The highest BCUT2D eigenvalue weighted by molar-refractivity contribution is 7.08. The van der Waals surface area contributed by atoms with Gasteiger partial charge in [-0.1, -0.05) is 12.1 Å². The summed E-state index contributed by atoms with van der Waals surface area (Å²) in [5.74, 6) is -0.112. The molecule has 126 valence electrons. The minimum atomic E-state index is -0.147. The summed E-state index contributed by atoms with van der Waals surface area (Å²) in [5, 5.41) is 9.74. The van der Waals surface area contributed by atoms with Crippen molar-refractivity contribution in [1.82, 2.24) is 10.2 Å². The molecule has 1 fully saturated rings. The van der Waals surface area contributed by atoms with Crippen molar-refractivity contribution in [3.8, 4) is 11.1 Å². The average Bonchev–Trinajstić information content (AvgIpc) is 3.16. The molecule has 0 radical (unpaired) electrons. The summed E-state index contributed by atoms with van der Waals surface area (Å²) in [6.45, 7) is 1.15. The van der Waals surface area contributed by atoms with Crippen LogP contribution in [0.15, 0.2) is 41.1 Å². The summed E-state index contributed by atoms with van der Waals surface area (Å²) in [7, 11) is 1.64. The first kappa shape index (κ1) is 16.5. The van der Waals surface area contributed by atoms with Gasteiger partial charge in [-0.15, -0.1) is 0 Å². The van der Waals surface area contributed by atoms with Crippen LogP contribution in [0.1, 0.15) is 12.8 Å². The molecule has 0 spiro atoms. The van der Waals surface area contributed by atoms with Crippen molar-refractivity contribution in [2.75, 3.05) is 25.5 Å². The van der Waals surface area contributed by atoms with E-state index in [4.69, 9.17) is 0 Å². The van der Waals surface area contributed by atoms with Crippen LogP contribution in [0.3, 0.4) is 0 Å². The van der Waals surface area contributed by atoms with Crippen molar-refractivity contribution in [2.24, 2.45) is 5.92 Å². The number of nitrogens with zero attached hydrogens (tertiary/aromatic N) is 1. The molecule has 3 rings (SSSR count). The fourth-order valence-electron chi connectivity index (χ4n) is 2.99. The monoisotopic (exact) mass is 343 g/mol. The summed E-state index contributed by atoms with van der Waals surface area (Å²) < 4.78 is 0. The van der Waals surface area contributed by atoms with E-state index < -0.39 is 0 Å². The molecule has 0 aliphatic carbocycles. The number of thiophene rings is 1. The van der Waals surface area contributed by atoms with Gasteiger partial charge in [0.25, 0.3) is 0 Å². The second-order valence-electron chi connectivity index (χ2n) is 5.92. The molecule has 3 amide bonds. The van der Waals surface area contributed by atoms with Gasteiger partial charge in [-0.3, -0.25) is 4.79 Å². The van der Waals surface area contributed by atoms with E-state index in [1.54, 1.807) is 23.3 Å². The minimum Gasteiger partial charge on any atom is -0.359 e. The molecule has 1 aliphatic heterocycles. The molecule has 24 heavy (non-hydrogen) atoms. The molecule has 1 aliphatic rings. The molecule has 0 bridgehead atoms. The van der Waals surface area contributed by atoms with Gasteiger partial charge in [0.05, 0.1) is 5.92 Å². The Morgan fingerprint density at radius 3 is 2.88 bits per heavy atom. The molecule has 6 heteroatoms. The molecule has 1 aromatic heterocycles. The highest BCUT2D eigenvalue weighted by Gasteiger charge is 2.27. The lowest BCUT2D eigenvalue weighted by Gasteiger charge is -2.31. The van der Waals surface area contributed by atoms with Crippen molar-refractivity contribution < 1.29 is 9.59 Å². The van der Waals surface area contributed by atoms with Crippen molar-refractivity contribution in [1.29, 1.82) is 0 Å². The van der Waals surface area contributed by atoms with Gasteiger partial charge in [-0.25, -0.2) is 4.79 Å². The van der Waals surface area contributed by atoms with E-state index >= 15 is 0 Å². The standard InChI is InChI=1S/C18H21N3O2S/c1-19-17(22)14-5-3-8-21(11-14)18(23)20-16-6-2-4-13(10-16)15-7-9-24-12-15/h2,4,6-7,9-10,12,14H,3,5,8,11H2,1H3,(H,19,22)(H,20,23)/t14-/m0/s1. The number of hydrogen-bond acceptors (Lipinski definition) is 3. The molecule has 2 heterocycles. The lowest BCUT2D eigenvalue weighted by Crippen LogP contribution is -2.46. The van der Waals surface area contributed by atoms with Crippen molar-refractivity contribution in [3.63, 3.8) is 0 Å². The van der Waals surface area contributed by atoms with Crippen LogP contribution < -0.4 is 10.6 Å². The van der Waals surface area contributed by atoms with Gasteiger partial charge >= 0.3 is 6.03 Å². The number of carbonyl (C=O) groups is 2. The molecule has 2 N–H and O–H groups in total. The molecule has 0 saturated carbocycles. The van der Waals surface area contributed by atoms with Gasteiger partial charge in [-0.2, -0.15) is 11.3 Å². The molecule has 5 nitrogen and oxygen atoms in total. The molecule has 1 saturated heterocycles. The number of urea groups is 1. The third-order valence-electron chi connectivity index (χ3n) is 4.29. The van der Waals surface area contributed by atoms with Crippen LogP contribution in [0.4, 0.5) is 10.5 Å². The van der Waals surface area contributed by atoms with Crippen LogP contribution in [0.2, 0.25) is 0 Å². The maximum absolute atomic E-state index is 12.5. The van der Waals surface area contributed by atoms with E-state index in [1.165, 1.54) is 0 Å². The first-order valence-electron chi connectivity index (χ1n) is 8.07. The molecule has 1 atom stereocenters. The van der Waals surface area contributed by atoms with Crippen LogP contribution in [0.5, 0.6) is 0 Å². The summed E-state index contributed by atoms with van der Waals surface area (Å²) in [4.78, 5) is 26.0. The number of anilines is 1. The third kappa shape index (κ3) is 3.76. The predicted octanol–water partition coefficient (Wildman–Crippen LogP) is 3.41. The summed E-state index contributed by atoms with van der Waals surface area (Å²) in [6, 6.07) is 9.73. The summed E-state index contributed by atoms with van der Waals surface area (Å²) in [5.41, 5.74) is 3.00. The third-order valence-corrected chi connectivity index (χ3v) is 4.98. The highest BCUT2D eigenvalue weighted by atomic mass is 32.1. The number of amides is 3. The van der Waals surface area contributed by atoms with Gasteiger partial charge in [0, 0.05) is 25.8 Å². The maximum atomic E-state index is 12.5. The van der Waals surface area contributed by atoms with Gasteiger partial charge in [-0.05, 0) is 52.9 Å². The number of carbonyl (C=O) groups excluding carboxylic acids is 2. The minimum absolute atomic E-state index is 0.00644. The Kier molecular flexibility index (Phi) is 5.15. The zero-order valence-electron chi connectivity index (χ0n) is 13.6. The van der Waals surface area contributed by atoms with Gasteiger partial charge in [0.1, 0.15) is 0 Å². The zero-order chi connectivity index (χ0) is 16.9. The molecule has 0 unspecified atom stereocenters. The van der Waals surface area contributed by atoms with Gasteiger partial charge < -0.3 is 15.5 Å². The number of benzene rings is 1. The number of likely N-dealkylation sites (tertiary alicyclic amines) is 1. The Bertz CT molecular complexity index is 715. The Morgan fingerprint density at radius 1 is 1.25 bits per heavy atom. The summed E-state index contributed by atoms with van der Waals surface area (Å²) in [6.07, 6.45) is 1.68. The molecule has 2 aromatic rings. The number of hydrogen-bond donors (Lipinski definition) is 2. The van der Waals surface area contributed by atoms with Crippen molar-refractivity contribution in [2.45, 2.75) is 12.8 Å². The van der Waals surface area contributed by atoms with Crippen molar-refractivity contribution in [3.05, 3.63) is 41.1 Å². The Hall–Kier alpha value is -2.34. The SMILES string of the molecule is CNC(=O)[C@H]1CCCN(C(=O)Nc2cccc(-c3ccsc3)c2)C1. The zero-order valence-corrected chi connectivity index (χ0v) is 14.4. The first-order chi connectivity index (χ1) is 11.7. The summed E-state index contributed by atoms with van der Waals surface area (Å²) >= 11 is 1.65.